The average molecular weight is 174 g/mol. The van der Waals surface area contributed by atoms with Crippen molar-refractivity contribution in [1.29, 1.82) is 0 Å². The molecule has 0 radical (unpaired) electrons. The second kappa shape index (κ2) is 3.10. The second-order valence-corrected chi connectivity index (χ2v) is 2.87. The fourth-order valence-corrected chi connectivity index (χ4v) is 1.24. The first-order chi connectivity index (χ1) is 5.49. The molecule has 1 N–H and O–H groups in total. The topological polar surface area (TPSA) is 37.3 Å². The molecule has 1 saturated carbocycles. The highest BCUT2D eigenvalue weighted by molar-refractivity contribution is 5.86. The van der Waals surface area contributed by atoms with E-state index in [1.54, 1.807) is 0 Å². The van der Waals surface area contributed by atoms with Gasteiger partial charge in [0, 0.05) is 24.7 Å². The molecule has 0 heterocycles. The van der Waals surface area contributed by atoms with E-state index < -0.39 is 17.8 Å². The van der Waals surface area contributed by atoms with Crippen LogP contribution in [0.3, 0.4) is 0 Å². The SMILES string of the molecule is O=C(O)C#CC1CCC(F)(F)C1. The summed E-state index contributed by atoms with van der Waals surface area (Å²) in [7, 11) is 0. The van der Waals surface area contributed by atoms with E-state index in [-0.39, 0.29) is 12.8 Å². The molecule has 12 heavy (non-hydrogen) atoms. The van der Waals surface area contributed by atoms with Crippen molar-refractivity contribution < 1.29 is 18.7 Å². The summed E-state index contributed by atoms with van der Waals surface area (Å²) >= 11 is 0. The number of rotatable bonds is 0. The highest BCUT2D eigenvalue weighted by Crippen LogP contribution is 2.38. The fourth-order valence-electron chi connectivity index (χ4n) is 1.24. The number of hydrogen-bond donors (Lipinski definition) is 1. The molecule has 0 saturated heterocycles. The van der Waals surface area contributed by atoms with E-state index in [9.17, 15) is 13.6 Å². The summed E-state index contributed by atoms with van der Waals surface area (Å²) < 4.78 is 25.0. The Bertz CT molecular complexity index is 250. The number of hydrogen-bond acceptors (Lipinski definition) is 1. The molecule has 0 aromatic rings. The van der Waals surface area contributed by atoms with Gasteiger partial charge in [0.1, 0.15) is 0 Å². The molecule has 1 atom stereocenters. The summed E-state index contributed by atoms with van der Waals surface area (Å²) in [6, 6.07) is 0. The van der Waals surface area contributed by atoms with Gasteiger partial charge in [-0.1, -0.05) is 5.92 Å². The van der Waals surface area contributed by atoms with Crippen molar-refractivity contribution in [3.8, 4) is 11.8 Å². The zero-order valence-corrected chi connectivity index (χ0v) is 6.31. The molecule has 0 amide bonds. The maximum atomic E-state index is 12.5. The van der Waals surface area contributed by atoms with Gasteiger partial charge < -0.3 is 5.11 Å². The highest BCUT2D eigenvalue weighted by Gasteiger charge is 2.38. The largest absolute Gasteiger partial charge is 0.472 e. The first-order valence-corrected chi connectivity index (χ1v) is 3.62. The van der Waals surface area contributed by atoms with Gasteiger partial charge in [-0.15, -0.1) is 0 Å². The monoisotopic (exact) mass is 174 g/mol. The third kappa shape index (κ3) is 2.50. The predicted octanol–water partition coefficient (Wildman–Crippen LogP) is 1.51. The molecule has 0 aromatic carbocycles. The van der Waals surface area contributed by atoms with Crippen LogP contribution >= 0.6 is 0 Å². The van der Waals surface area contributed by atoms with Gasteiger partial charge in [-0.05, 0) is 6.42 Å². The fraction of sp³-hybridized carbons (Fsp3) is 0.625. The zero-order chi connectivity index (χ0) is 9.19. The van der Waals surface area contributed by atoms with E-state index in [1.165, 1.54) is 0 Å². The number of halogens is 2. The maximum absolute atomic E-state index is 12.5. The normalized spacial score (nSPS) is 26.0. The van der Waals surface area contributed by atoms with Gasteiger partial charge in [-0.3, -0.25) is 0 Å². The summed E-state index contributed by atoms with van der Waals surface area (Å²) in [5.74, 6) is -0.183. The van der Waals surface area contributed by atoms with Crippen molar-refractivity contribution in [1.82, 2.24) is 0 Å². The van der Waals surface area contributed by atoms with Crippen molar-refractivity contribution in [3.63, 3.8) is 0 Å². The van der Waals surface area contributed by atoms with E-state index in [1.807, 2.05) is 5.92 Å². The molecular weight excluding hydrogens is 166 g/mol. The molecule has 66 valence electrons. The Morgan fingerprint density at radius 3 is 2.67 bits per heavy atom. The molecule has 0 aromatic heterocycles. The summed E-state index contributed by atoms with van der Waals surface area (Å²) in [4.78, 5) is 9.96. The smallest absolute Gasteiger partial charge is 0.381 e. The Morgan fingerprint density at radius 2 is 2.25 bits per heavy atom. The van der Waals surface area contributed by atoms with Crippen molar-refractivity contribution in [2.75, 3.05) is 0 Å². The Hall–Kier alpha value is -1.11. The molecule has 4 heteroatoms. The van der Waals surface area contributed by atoms with E-state index in [2.05, 4.69) is 5.92 Å². The highest BCUT2D eigenvalue weighted by atomic mass is 19.3. The van der Waals surface area contributed by atoms with Crippen LogP contribution in [-0.2, 0) is 4.79 Å². The standard InChI is InChI=1S/C8H8F2O2/c9-8(10)4-3-6(5-8)1-2-7(11)12/h6H,3-5H2,(H,11,12). The summed E-state index contributed by atoms with van der Waals surface area (Å²) in [5, 5.41) is 8.14. The number of carboxylic acid groups (broad SMARTS) is 1. The van der Waals surface area contributed by atoms with Crippen LogP contribution in [0.4, 0.5) is 8.78 Å². The quantitative estimate of drug-likeness (QED) is 0.565. The Balaban J connectivity index is 2.50. The number of carbonyl (C=O) groups is 1. The van der Waals surface area contributed by atoms with Crippen LogP contribution in [0, 0.1) is 17.8 Å². The minimum atomic E-state index is -2.64. The summed E-state index contributed by atoms with van der Waals surface area (Å²) in [6.07, 6.45) is -0.174. The second-order valence-electron chi connectivity index (χ2n) is 2.87. The van der Waals surface area contributed by atoms with E-state index >= 15 is 0 Å². The van der Waals surface area contributed by atoms with Crippen molar-refractivity contribution in [2.24, 2.45) is 5.92 Å². The number of aliphatic carboxylic acids is 1. The van der Waals surface area contributed by atoms with Gasteiger partial charge >= 0.3 is 5.97 Å². The molecule has 1 fully saturated rings. The minimum absolute atomic E-state index is 0.175. The Morgan fingerprint density at radius 1 is 1.58 bits per heavy atom. The Kier molecular flexibility index (Phi) is 2.32. The van der Waals surface area contributed by atoms with Crippen LogP contribution in [-0.4, -0.2) is 17.0 Å². The van der Waals surface area contributed by atoms with E-state index in [0.29, 0.717) is 6.42 Å². The van der Waals surface area contributed by atoms with Gasteiger partial charge in [0.25, 0.3) is 0 Å². The molecule has 1 unspecified atom stereocenters. The van der Waals surface area contributed by atoms with Gasteiger partial charge in [-0.2, -0.15) is 0 Å². The van der Waals surface area contributed by atoms with Crippen LogP contribution in [0.5, 0.6) is 0 Å². The van der Waals surface area contributed by atoms with Crippen molar-refractivity contribution in [3.05, 3.63) is 0 Å². The van der Waals surface area contributed by atoms with Crippen LogP contribution in [0.25, 0.3) is 0 Å². The average Bonchev–Trinajstić information content (AvgIpc) is 2.26. The van der Waals surface area contributed by atoms with Crippen LogP contribution < -0.4 is 0 Å². The van der Waals surface area contributed by atoms with E-state index in [4.69, 9.17) is 5.11 Å². The molecular formula is C8H8F2O2. The van der Waals surface area contributed by atoms with E-state index in [0.717, 1.165) is 0 Å². The lowest BCUT2D eigenvalue weighted by atomic mass is 10.1. The molecule has 0 bridgehead atoms. The van der Waals surface area contributed by atoms with Crippen LogP contribution in [0.1, 0.15) is 19.3 Å². The molecule has 2 nitrogen and oxygen atoms in total. The van der Waals surface area contributed by atoms with Crippen molar-refractivity contribution in [2.45, 2.75) is 25.2 Å². The first-order valence-electron chi connectivity index (χ1n) is 3.62. The third-order valence-corrected chi connectivity index (χ3v) is 1.79. The number of alkyl halides is 2. The molecule has 0 spiro atoms. The summed E-state index contributed by atoms with van der Waals surface area (Å²) in [5.41, 5.74) is 0. The third-order valence-electron chi connectivity index (χ3n) is 1.79. The lowest BCUT2D eigenvalue weighted by Gasteiger charge is -2.04. The van der Waals surface area contributed by atoms with Gasteiger partial charge in [0.2, 0.25) is 5.92 Å². The molecule has 1 rings (SSSR count). The number of carboxylic acids is 1. The zero-order valence-electron chi connectivity index (χ0n) is 6.31. The lowest BCUT2D eigenvalue weighted by molar-refractivity contribution is -0.130. The molecule has 0 aliphatic heterocycles. The molecule has 1 aliphatic rings. The van der Waals surface area contributed by atoms with Gasteiger partial charge in [0.05, 0.1) is 0 Å². The predicted molar refractivity (Wildman–Crippen MR) is 37.7 cm³/mol. The maximum Gasteiger partial charge on any atom is 0.381 e. The van der Waals surface area contributed by atoms with Gasteiger partial charge in [-0.25, -0.2) is 13.6 Å². The minimum Gasteiger partial charge on any atom is -0.472 e. The lowest BCUT2D eigenvalue weighted by Crippen LogP contribution is -2.09. The summed E-state index contributed by atoms with van der Waals surface area (Å²) in [6.45, 7) is 0. The molecule has 1 aliphatic carbocycles. The van der Waals surface area contributed by atoms with Crippen molar-refractivity contribution >= 4 is 5.97 Å². The van der Waals surface area contributed by atoms with Crippen LogP contribution in [0.2, 0.25) is 0 Å². The first kappa shape index (κ1) is 8.98. The van der Waals surface area contributed by atoms with Gasteiger partial charge in [0.15, 0.2) is 0 Å². The van der Waals surface area contributed by atoms with Crippen LogP contribution in [0.15, 0.2) is 0 Å². The Labute approximate surface area is 68.6 Å².